The van der Waals surface area contributed by atoms with E-state index in [0.29, 0.717) is 0 Å². The van der Waals surface area contributed by atoms with E-state index in [0.717, 1.165) is 12.1 Å². The molecule has 0 nitrogen and oxygen atoms in total. The first-order chi connectivity index (χ1) is 10.4. The molecule has 0 rings (SSSR count). The van der Waals surface area contributed by atoms with Crippen molar-refractivity contribution in [2.75, 3.05) is 0 Å². The summed E-state index contributed by atoms with van der Waals surface area (Å²) >= 11 is 0. The van der Waals surface area contributed by atoms with E-state index in [9.17, 15) is 13.2 Å². The maximum atomic E-state index is 12.9. The van der Waals surface area contributed by atoms with Crippen molar-refractivity contribution in [2.45, 2.75) is 83.0 Å². The van der Waals surface area contributed by atoms with Gasteiger partial charge in [0, 0.05) is 14.5 Å². The molecule has 0 spiro atoms. The van der Waals surface area contributed by atoms with Crippen LogP contribution in [-0.2, 0) is 0 Å². The Kier molecular flexibility index (Phi) is 8.05. The summed E-state index contributed by atoms with van der Waals surface area (Å²) in [7, 11) is -4.70. The summed E-state index contributed by atoms with van der Waals surface area (Å²) in [5.41, 5.74) is 5.11. The van der Waals surface area contributed by atoms with Gasteiger partial charge in [-0.1, -0.05) is 57.9 Å². The van der Waals surface area contributed by atoms with Crippen molar-refractivity contribution in [1.82, 2.24) is 0 Å². The van der Waals surface area contributed by atoms with E-state index in [1.165, 1.54) is 5.67 Å². The van der Waals surface area contributed by atoms with Gasteiger partial charge in [-0.15, -0.1) is 24.6 Å². The smallest absolute Gasteiger partial charge is 0.171 e. The predicted octanol–water partition coefficient (Wildman–Crippen LogP) is 7.45. The lowest BCUT2D eigenvalue weighted by Gasteiger charge is -2.42. The van der Waals surface area contributed by atoms with Crippen LogP contribution in [0.4, 0.5) is 13.2 Å². The summed E-state index contributed by atoms with van der Waals surface area (Å²) < 4.78 is 38.6. The second-order valence-corrected chi connectivity index (χ2v) is 25.2. The molecule has 0 aliphatic carbocycles. The zero-order valence-electron chi connectivity index (χ0n) is 16.7. The number of hydrogen-bond donors (Lipinski definition) is 0. The third kappa shape index (κ3) is 10.0. The minimum atomic E-state index is -4.07. The number of halogens is 3. The predicted molar refractivity (Wildman–Crippen MR) is 111 cm³/mol. The van der Waals surface area contributed by atoms with E-state index >= 15 is 0 Å². The minimum Gasteiger partial charge on any atom is -0.171 e. The molecule has 24 heavy (non-hydrogen) atoms. The highest BCUT2D eigenvalue weighted by atomic mass is 28.4. The van der Waals surface area contributed by atoms with Crippen molar-refractivity contribution >= 4 is 24.2 Å². The van der Waals surface area contributed by atoms with Crippen LogP contribution in [0.15, 0.2) is 24.6 Å². The molecule has 0 fully saturated rings. The number of alkyl halides is 3. The fourth-order valence-electron chi connectivity index (χ4n) is 4.38. The molecular formula is C18H37F3Si3. The highest BCUT2D eigenvalue weighted by Gasteiger charge is 2.42. The molecule has 0 heterocycles. The van der Waals surface area contributed by atoms with E-state index in [4.69, 9.17) is 0 Å². The molecule has 1 unspecified atom stereocenters. The van der Waals surface area contributed by atoms with Crippen LogP contribution in [0.25, 0.3) is 0 Å². The lowest BCUT2D eigenvalue weighted by molar-refractivity contribution is -0.139. The van der Waals surface area contributed by atoms with Crippen LogP contribution >= 0.6 is 0 Å². The molecule has 1 atom stereocenters. The van der Waals surface area contributed by atoms with Crippen LogP contribution in [0, 0.1) is 5.41 Å². The highest BCUT2D eigenvalue weighted by molar-refractivity contribution is 6.97. The van der Waals surface area contributed by atoms with Crippen LogP contribution < -0.4 is 0 Å². The molecule has 0 saturated carbocycles. The van der Waals surface area contributed by atoms with Crippen LogP contribution in [0.1, 0.15) is 19.8 Å². The summed E-state index contributed by atoms with van der Waals surface area (Å²) in [4.78, 5) is 0. The molecule has 0 aromatic rings. The summed E-state index contributed by atoms with van der Waals surface area (Å²) in [5, 5.41) is 0. The SMILES string of the molecule is C=C[Si](C)(C)CC(C)(CCC(F)(F)F)C[Si](C)(C)C[Si](C)(C)C=C. The molecule has 0 aliphatic rings. The molecule has 0 bridgehead atoms. The summed E-state index contributed by atoms with van der Waals surface area (Å²) in [6, 6.07) is 1.86. The molecular weight excluding hydrogens is 357 g/mol. The number of hydrogen-bond acceptors (Lipinski definition) is 0. The average molecular weight is 395 g/mol. The zero-order valence-corrected chi connectivity index (χ0v) is 19.7. The number of rotatable bonds is 10. The molecule has 0 aromatic heterocycles. The van der Waals surface area contributed by atoms with Gasteiger partial charge in [0.25, 0.3) is 0 Å². The van der Waals surface area contributed by atoms with Gasteiger partial charge in [0.15, 0.2) is 0 Å². The summed E-state index contributed by atoms with van der Waals surface area (Å²) in [6.07, 6.45) is -4.49. The van der Waals surface area contributed by atoms with Gasteiger partial charge in [-0.2, -0.15) is 13.2 Å². The van der Waals surface area contributed by atoms with Crippen molar-refractivity contribution in [3.63, 3.8) is 0 Å². The first kappa shape index (κ1) is 23.9. The fraction of sp³-hybridized carbons (Fsp3) is 0.778. The van der Waals surface area contributed by atoms with Gasteiger partial charge in [-0.05, 0) is 17.9 Å². The van der Waals surface area contributed by atoms with Crippen molar-refractivity contribution in [2.24, 2.45) is 5.41 Å². The first-order valence-electron chi connectivity index (χ1n) is 8.79. The molecule has 6 heteroatoms. The second kappa shape index (κ2) is 8.08. The van der Waals surface area contributed by atoms with Crippen LogP contribution in [0.5, 0.6) is 0 Å². The van der Waals surface area contributed by atoms with E-state index in [1.54, 1.807) is 0 Å². The van der Waals surface area contributed by atoms with Gasteiger partial charge in [0.2, 0.25) is 0 Å². The lowest BCUT2D eigenvalue weighted by atomic mass is 9.89. The van der Waals surface area contributed by atoms with E-state index in [2.05, 4.69) is 65.1 Å². The molecule has 0 radical (unpaired) electrons. The van der Waals surface area contributed by atoms with Crippen molar-refractivity contribution < 1.29 is 13.2 Å². The second-order valence-electron chi connectivity index (χ2n) is 10.0. The highest BCUT2D eigenvalue weighted by Crippen LogP contribution is 2.45. The molecule has 0 aromatic carbocycles. The molecule has 0 N–H and O–H groups in total. The van der Waals surface area contributed by atoms with Crippen LogP contribution in [0.3, 0.4) is 0 Å². The van der Waals surface area contributed by atoms with E-state index in [-0.39, 0.29) is 11.8 Å². The fourth-order valence-corrected chi connectivity index (χ4v) is 20.8. The van der Waals surface area contributed by atoms with Crippen molar-refractivity contribution in [1.29, 1.82) is 0 Å². The van der Waals surface area contributed by atoms with Gasteiger partial charge in [0.05, 0.1) is 16.1 Å². The van der Waals surface area contributed by atoms with Crippen LogP contribution in [-0.4, -0.2) is 30.4 Å². The summed E-state index contributed by atoms with van der Waals surface area (Å²) in [6.45, 7) is 23.7. The molecule has 0 aliphatic heterocycles. The van der Waals surface area contributed by atoms with Gasteiger partial charge in [-0.3, -0.25) is 0 Å². The first-order valence-corrected chi connectivity index (χ1v) is 18.8. The standard InChI is InChI=1S/C18H37F3Si3/c1-10-22(4,5)14-17(3,12-13-18(19,20)21)15-24(8,9)16-23(6,7)11-2/h10-11H,1-2,12-16H2,3-9H3. The van der Waals surface area contributed by atoms with Gasteiger partial charge in [0.1, 0.15) is 0 Å². The topological polar surface area (TPSA) is 0 Å². The van der Waals surface area contributed by atoms with Gasteiger partial charge < -0.3 is 0 Å². The van der Waals surface area contributed by atoms with Gasteiger partial charge in [-0.25, -0.2) is 0 Å². The molecule has 0 amide bonds. The zero-order chi connectivity index (χ0) is 19.4. The van der Waals surface area contributed by atoms with Crippen molar-refractivity contribution in [3.05, 3.63) is 24.6 Å². The maximum Gasteiger partial charge on any atom is 0.389 e. The monoisotopic (exact) mass is 394 g/mol. The quantitative estimate of drug-likeness (QED) is 0.337. The third-order valence-electron chi connectivity index (χ3n) is 4.84. The Morgan fingerprint density at radius 2 is 1.25 bits per heavy atom. The van der Waals surface area contributed by atoms with Crippen LogP contribution in [0.2, 0.25) is 57.0 Å². The van der Waals surface area contributed by atoms with E-state index < -0.39 is 36.8 Å². The minimum absolute atomic E-state index is 0.235. The largest absolute Gasteiger partial charge is 0.389 e. The third-order valence-corrected chi connectivity index (χ3v) is 18.1. The molecule has 142 valence electrons. The Hall–Kier alpha value is -0.0794. The lowest BCUT2D eigenvalue weighted by Crippen LogP contribution is -2.44. The van der Waals surface area contributed by atoms with Crippen molar-refractivity contribution in [3.8, 4) is 0 Å². The maximum absolute atomic E-state index is 12.9. The Balaban J connectivity index is 5.38. The van der Waals surface area contributed by atoms with E-state index in [1.807, 2.05) is 5.70 Å². The molecule has 0 saturated heterocycles. The summed E-state index contributed by atoms with van der Waals surface area (Å²) in [5.74, 6) is 0. The Morgan fingerprint density at radius 3 is 1.62 bits per heavy atom. The Morgan fingerprint density at radius 1 is 0.792 bits per heavy atom. The normalized spacial score (nSPS) is 16.6. The average Bonchev–Trinajstić information content (AvgIpc) is 2.33. The Labute approximate surface area is 150 Å². The van der Waals surface area contributed by atoms with Gasteiger partial charge >= 0.3 is 6.18 Å². The Bertz CT molecular complexity index is 439.